The van der Waals surface area contributed by atoms with E-state index in [2.05, 4.69) is 0 Å². The molecular formula is C23H18FNO5. The lowest BCUT2D eigenvalue weighted by Crippen LogP contribution is -2.29. The number of benzene rings is 2. The van der Waals surface area contributed by atoms with Gasteiger partial charge in [0.2, 0.25) is 0 Å². The molecular weight excluding hydrogens is 389 g/mol. The molecule has 1 aliphatic rings. The Morgan fingerprint density at radius 3 is 2.53 bits per heavy atom. The minimum absolute atomic E-state index is 0.118. The number of carbonyl (C=O) groups excluding carboxylic acids is 2. The number of phenols is 1. The van der Waals surface area contributed by atoms with E-state index < -0.39 is 29.3 Å². The zero-order valence-corrected chi connectivity index (χ0v) is 16.2. The smallest absolute Gasteiger partial charge is 0.300 e. The summed E-state index contributed by atoms with van der Waals surface area (Å²) in [5.74, 6) is -2.73. The van der Waals surface area contributed by atoms with Gasteiger partial charge in [-0.2, -0.15) is 0 Å². The second kappa shape index (κ2) is 7.18. The number of hydrogen-bond acceptors (Lipinski definition) is 5. The Bertz CT molecular complexity index is 1200. The fourth-order valence-electron chi connectivity index (χ4n) is 3.57. The number of aliphatic hydroxyl groups is 1. The number of amides is 1. The Labute approximate surface area is 171 Å². The van der Waals surface area contributed by atoms with E-state index in [0.29, 0.717) is 0 Å². The lowest BCUT2D eigenvalue weighted by atomic mass is 9.98. The SMILES string of the molecule is Cc1ccc(O)c(N2C(=O)C(=O)/C(=C(\O)c3ccc(F)c(C)c3)C2c2ccco2)c1. The van der Waals surface area contributed by atoms with Gasteiger partial charge in [0.1, 0.15) is 29.1 Å². The van der Waals surface area contributed by atoms with Crippen LogP contribution in [0.1, 0.15) is 28.5 Å². The van der Waals surface area contributed by atoms with Crippen LogP contribution in [0, 0.1) is 19.7 Å². The minimum Gasteiger partial charge on any atom is -0.507 e. The number of halogens is 1. The van der Waals surface area contributed by atoms with E-state index in [1.54, 1.807) is 31.2 Å². The van der Waals surface area contributed by atoms with Crippen molar-refractivity contribution >= 4 is 23.1 Å². The van der Waals surface area contributed by atoms with E-state index in [1.807, 2.05) is 0 Å². The number of aromatic hydroxyl groups is 1. The molecule has 1 fully saturated rings. The number of ketones is 1. The van der Waals surface area contributed by atoms with Crippen LogP contribution in [0.15, 0.2) is 64.8 Å². The lowest BCUT2D eigenvalue weighted by Gasteiger charge is -2.24. The fourth-order valence-corrected chi connectivity index (χ4v) is 3.57. The largest absolute Gasteiger partial charge is 0.507 e. The van der Waals surface area contributed by atoms with Crippen LogP contribution in [-0.4, -0.2) is 21.9 Å². The number of carbonyl (C=O) groups is 2. The number of anilines is 1. The first-order valence-corrected chi connectivity index (χ1v) is 9.20. The predicted molar refractivity (Wildman–Crippen MR) is 107 cm³/mol. The molecule has 4 rings (SSSR count). The summed E-state index contributed by atoms with van der Waals surface area (Å²) < 4.78 is 19.1. The number of furan rings is 1. The second-order valence-corrected chi connectivity index (χ2v) is 7.14. The van der Waals surface area contributed by atoms with Crippen LogP contribution in [0.5, 0.6) is 5.75 Å². The maximum Gasteiger partial charge on any atom is 0.300 e. The van der Waals surface area contributed by atoms with E-state index in [4.69, 9.17) is 4.42 Å². The zero-order valence-electron chi connectivity index (χ0n) is 16.2. The van der Waals surface area contributed by atoms with E-state index >= 15 is 0 Å². The third-order valence-corrected chi connectivity index (χ3v) is 5.08. The molecule has 1 atom stereocenters. The normalized spacial score (nSPS) is 18.2. The molecule has 1 aliphatic heterocycles. The minimum atomic E-state index is -1.10. The quantitative estimate of drug-likeness (QED) is 0.382. The molecule has 0 spiro atoms. The second-order valence-electron chi connectivity index (χ2n) is 7.14. The summed E-state index contributed by atoms with van der Waals surface area (Å²) in [6.45, 7) is 3.31. The average Bonchev–Trinajstić information content (AvgIpc) is 3.33. The molecule has 0 aliphatic carbocycles. The van der Waals surface area contributed by atoms with E-state index in [1.165, 1.54) is 37.5 Å². The number of nitrogens with zero attached hydrogens (tertiary/aromatic N) is 1. The number of phenolic OH excluding ortho intramolecular Hbond substituents is 1. The summed E-state index contributed by atoms with van der Waals surface area (Å²) in [6, 6.07) is 10.6. The van der Waals surface area contributed by atoms with Crippen molar-refractivity contribution in [2.24, 2.45) is 0 Å². The Kier molecular flexibility index (Phi) is 4.66. The van der Waals surface area contributed by atoms with E-state index in [0.717, 1.165) is 10.5 Å². The van der Waals surface area contributed by atoms with Gasteiger partial charge in [-0.1, -0.05) is 6.07 Å². The standard InChI is InChI=1S/C23H18FNO5/c1-12-5-8-17(26)16(10-12)25-20(18-4-3-9-30-18)19(22(28)23(25)29)21(27)14-6-7-15(24)13(2)11-14/h3-11,20,26-27H,1-2H3/b21-19-. The molecule has 2 aromatic carbocycles. The average molecular weight is 407 g/mol. The number of aliphatic hydroxyl groups excluding tert-OH is 1. The first-order valence-electron chi connectivity index (χ1n) is 9.20. The highest BCUT2D eigenvalue weighted by atomic mass is 19.1. The van der Waals surface area contributed by atoms with Crippen LogP contribution in [0.3, 0.4) is 0 Å². The van der Waals surface area contributed by atoms with Crippen molar-refractivity contribution in [2.75, 3.05) is 4.90 Å². The molecule has 3 aromatic rings. The molecule has 1 saturated heterocycles. The Hall–Kier alpha value is -3.87. The van der Waals surface area contributed by atoms with Gasteiger partial charge in [0.25, 0.3) is 11.7 Å². The van der Waals surface area contributed by atoms with Gasteiger partial charge in [-0.3, -0.25) is 14.5 Å². The summed E-state index contributed by atoms with van der Waals surface area (Å²) in [5, 5.41) is 21.3. The molecule has 2 heterocycles. The highest BCUT2D eigenvalue weighted by molar-refractivity contribution is 6.51. The highest BCUT2D eigenvalue weighted by Gasteiger charge is 2.49. The van der Waals surface area contributed by atoms with E-state index in [-0.39, 0.29) is 33.9 Å². The summed E-state index contributed by atoms with van der Waals surface area (Å²) in [7, 11) is 0. The van der Waals surface area contributed by atoms with Crippen molar-refractivity contribution in [3.05, 3.63) is 88.6 Å². The molecule has 1 amide bonds. The third kappa shape index (κ3) is 3.04. The van der Waals surface area contributed by atoms with Crippen molar-refractivity contribution in [1.82, 2.24) is 0 Å². The van der Waals surface area contributed by atoms with Crippen LogP contribution in [0.4, 0.5) is 10.1 Å². The number of aryl methyl sites for hydroxylation is 2. The van der Waals surface area contributed by atoms with E-state index in [9.17, 15) is 24.2 Å². The van der Waals surface area contributed by atoms with Crippen molar-refractivity contribution < 1.29 is 28.6 Å². The van der Waals surface area contributed by atoms with Crippen molar-refractivity contribution in [3.63, 3.8) is 0 Å². The van der Waals surface area contributed by atoms with Crippen molar-refractivity contribution in [3.8, 4) is 5.75 Å². The van der Waals surface area contributed by atoms with Gasteiger partial charge in [0.15, 0.2) is 0 Å². The number of rotatable bonds is 3. The summed E-state index contributed by atoms with van der Waals surface area (Å²) in [5.41, 5.74) is 1.14. The topological polar surface area (TPSA) is 91.0 Å². The Balaban J connectivity index is 1.96. The Morgan fingerprint density at radius 1 is 1.10 bits per heavy atom. The van der Waals surface area contributed by atoms with Gasteiger partial charge >= 0.3 is 0 Å². The van der Waals surface area contributed by atoms with Crippen LogP contribution in [0.25, 0.3) is 5.76 Å². The molecule has 1 aromatic heterocycles. The number of Topliss-reactive ketones (excluding diaryl/α,β-unsaturated/α-hetero) is 1. The first kappa shape index (κ1) is 19.4. The summed E-state index contributed by atoms with van der Waals surface area (Å²) >= 11 is 0. The molecule has 1 unspecified atom stereocenters. The molecule has 2 N–H and O–H groups in total. The van der Waals surface area contributed by atoms with Gasteiger partial charge in [0.05, 0.1) is 17.5 Å². The van der Waals surface area contributed by atoms with Crippen molar-refractivity contribution in [2.45, 2.75) is 19.9 Å². The fraction of sp³-hybridized carbons (Fsp3) is 0.130. The summed E-state index contributed by atoms with van der Waals surface area (Å²) in [4.78, 5) is 27.0. The molecule has 30 heavy (non-hydrogen) atoms. The molecule has 0 radical (unpaired) electrons. The van der Waals surface area contributed by atoms with Gasteiger partial charge in [0, 0.05) is 5.56 Å². The first-order chi connectivity index (χ1) is 14.3. The molecule has 6 nitrogen and oxygen atoms in total. The predicted octanol–water partition coefficient (Wildman–Crippen LogP) is 4.37. The van der Waals surface area contributed by atoms with Gasteiger partial charge in [-0.25, -0.2) is 4.39 Å². The van der Waals surface area contributed by atoms with Crippen molar-refractivity contribution in [1.29, 1.82) is 0 Å². The number of hydrogen-bond donors (Lipinski definition) is 2. The molecule has 7 heteroatoms. The Morgan fingerprint density at radius 2 is 1.87 bits per heavy atom. The third-order valence-electron chi connectivity index (χ3n) is 5.08. The molecule has 0 saturated carbocycles. The van der Waals surface area contributed by atoms with Crippen LogP contribution < -0.4 is 4.90 Å². The monoisotopic (exact) mass is 407 g/mol. The van der Waals surface area contributed by atoms with Crippen LogP contribution in [0.2, 0.25) is 0 Å². The van der Waals surface area contributed by atoms with Crippen LogP contribution >= 0.6 is 0 Å². The van der Waals surface area contributed by atoms with Gasteiger partial charge in [-0.05, 0) is 67.4 Å². The zero-order chi connectivity index (χ0) is 21.6. The molecule has 0 bridgehead atoms. The molecule has 152 valence electrons. The van der Waals surface area contributed by atoms with Gasteiger partial charge < -0.3 is 14.6 Å². The van der Waals surface area contributed by atoms with Crippen LogP contribution in [-0.2, 0) is 9.59 Å². The maximum absolute atomic E-state index is 13.7. The highest BCUT2D eigenvalue weighted by Crippen LogP contribution is 2.45. The summed E-state index contributed by atoms with van der Waals surface area (Å²) in [6.07, 6.45) is 1.38. The van der Waals surface area contributed by atoms with Gasteiger partial charge in [-0.15, -0.1) is 0 Å². The lowest BCUT2D eigenvalue weighted by molar-refractivity contribution is -0.132. The maximum atomic E-state index is 13.7.